The van der Waals surface area contributed by atoms with Crippen LogP contribution in [-0.4, -0.2) is 11.0 Å². The predicted molar refractivity (Wildman–Crippen MR) is 122 cm³/mol. The lowest BCUT2D eigenvalue weighted by Crippen LogP contribution is -2.32. The summed E-state index contributed by atoms with van der Waals surface area (Å²) in [6.45, 7) is 0.473. The van der Waals surface area contributed by atoms with Crippen molar-refractivity contribution in [1.82, 2.24) is 5.32 Å². The van der Waals surface area contributed by atoms with Crippen molar-refractivity contribution in [3.63, 3.8) is 0 Å². The number of ether oxygens (including phenoxy) is 1. The third-order valence-electron chi connectivity index (χ3n) is 3.87. The lowest BCUT2D eigenvalue weighted by atomic mass is 10.2. The second-order valence-electron chi connectivity index (χ2n) is 6.13. The fourth-order valence-electron chi connectivity index (χ4n) is 2.47. The summed E-state index contributed by atoms with van der Waals surface area (Å²) in [6, 6.07) is 24.5. The van der Waals surface area contributed by atoms with Gasteiger partial charge in [0.2, 0.25) is 5.91 Å². The first-order valence-electron chi connectivity index (χ1n) is 8.91. The summed E-state index contributed by atoms with van der Waals surface area (Å²) in [5.41, 5.74) is 2.68. The number of carbonyl (C=O) groups excluding carboxylic acids is 1. The lowest BCUT2D eigenvalue weighted by molar-refractivity contribution is -0.115. The van der Waals surface area contributed by atoms with Gasteiger partial charge in [-0.3, -0.25) is 10.1 Å². The number of nitrogens with one attached hydrogen (secondary N) is 2. The minimum atomic E-state index is -0.325. The molecule has 0 atom stereocenters. The maximum absolute atomic E-state index is 12.0. The highest BCUT2D eigenvalue weighted by molar-refractivity contribution is 7.80. The normalized spacial score (nSPS) is 10.5. The molecular weight excluding hydrogens is 404 g/mol. The second kappa shape index (κ2) is 10.4. The molecule has 0 saturated carbocycles. The number of halogens is 1. The number of rotatable bonds is 6. The number of anilines is 1. The van der Waals surface area contributed by atoms with E-state index in [2.05, 4.69) is 10.6 Å². The van der Waals surface area contributed by atoms with Crippen LogP contribution in [0, 0.1) is 0 Å². The molecule has 3 rings (SSSR count). The third kappa shape index (κ3) is 7.07. The van der Waals surface area contributed by atoms with E-state index in [0.29, 0.717) is 17.4 Å². The summed E-state index contributed by atoms with van der Waals surface area (Å²) in [4.78, 5) is 12.0. The number of amides is 1. The van der Waals surface area contributed by atoms with Crippen LogP contribution in [0.15, 0.2) is 84.9 Å². The fraction of sp³-hybridized carbons (Fsp3) is 0.0435. The molecule has 146 valence electrons. The molecule has 0 aromatic heterocycles. The minimum Gasteiger partial charge on any atom is -0.489 e. The molecule has 3 aromatic carbocycles. The van der Waals surface area contributed by atoms with E-state index < -0.39 is 0 Å². The van der Waals surface area contributed by atoms with Crippen molar-refractivity contribution in [2.75, 3.05) is 5.32 Å². The minimum absolute atomic E-state index is 0.205. The van der Waals surface area contributed by atoms with E-state index in [1.54, 1.807) is 18.2 Å². The first-order valence-corrected chi connectivity index (χ1v) is 9.69. The molecule has 3 aromatic rings. The van der Waals surface area contributed by atoms with Gasteiger partial charge >= 0.3 is 0 Å². The number of benzene rings is 3. The van der Waals surface area contributed by atoms with Gasteiger partial charge in [-0.25, -0.2) is 0 Å². The van der Waals surface area contributed by atoms with Crippen LogP contribution in [0.3, 0.4) is 0 Å². The average molecular weight is 423 g/mol. The summed E-state index contributed by atoms with van der Waals surface area (Å²) in [7, 11) is 0. The van der Waals surface area contributed by atoms with Crippen molar-refractivity contribution in [2.45, 2.75) is 6.61 Å². The van der Waals surface area contributed by atoms with E-state index in [4.69, 9.17) is 28.6 Å². The molecule has 2 N–H and O–H groups in total. The molecule has 0 heterocycles. The first-order chi connectivity index (χ1) is 14.1. The van der Waals surface area contributed by atoms with Crippen LogP contribution in [0.2, 0.25) is 5.02 Å². The smallest absolute Gasteiger partial charge is 0.250 e. The number of thiocarbonyl (C=S) groups is 1. The Morgan fingerprint density at radius 1 is 1.00 bits per heavy atom. The van der Waals surface area contributed by atoms with Crippen LogP contribution in [0.5, 0.6) is 5.75 Å². The Balaban J connectivity index is 1.50. The summed E-state index contributed by atoms with van der Waals surface area (Å²) < 4.78 is 5.80. The number of hydrogen-bond acceptors (Lipinski definition) is 3. The van der Waals surface area contributed by atoms with Gasteiger partial charge in [0.1, 0.15) is 12.4 Å². The van der Waals surface area contributed by atoms with Crippen molar-refractivity contribution in [3.8, 4) is 5.75 Å². The zero-order valence-electron chi connectivity index (χ0n) is 15.5. The molecule has 4 nitrogen and oxygen atoms in total. The van der Waals surface area contributed by atoms with Gasteiger partial charge in [0, 0.05) is 22.9 Å². The fourth-order valence-corrected chi connectivity index (χ4v) is 2.81. The molecule has 29 heavy (non-hydrogen) atoms. The summed E-state index contributed by atoms with van der Waals surface area (Å²) >= 11 is 11.1. The maximum Gasteiger partial charge on any atom is 0.250 e. The Morgan fingerprint density at radius 2 is 1.76 bits per heavy atom. The number of hydrogen-bond donors (Lipinski definition) is 2. The van der Waals surface area contributed by atoms with Crippen LogP contribution in [0.25, 0.3) is 6.08 Å². The maximum atomic E-state index is 12.0. The van der Waals surface area contributed by atoms with E-state index in [0.717, 1.165) is 16.8 Å². The van der Waals surface area contributed by atoms with E-state index in [9.17, 15) is 4.79 Å². The van der Waals surface area contributed by atoms with Gasteiger partial charge in [0.25, 0.3) is 0 Å². The summed E-state index contributed by atoms with van der Waals surface area (Å²) in [6.07, 6.45) is 3.10. The van der Waals surface area contributed by atoms with Crippen molar-refractivity contribution in [1.29, 1.82) is 0 Å². The SMILES string of the molecule is O=C(/C=C/c1ccc(Cl)cc1)NC(=S)Nc1cccc(OCc2ccccc2)c1. The predicted octanol–water partition coefficient (Wildman–Crippen LogP) is 5.45. The molecule has 0 radical (unpaired) electrons. The zero-order valence-corrected chi connectivity index (χ0v) is 17.0. The van der Waals surface area contributed by atoms with Gasteiger partial charge in [0.05, 0.1) is 0 Å². The summed E-state index contributed by atoms with van der Waals surface area (Å²) in [5, 5.41) is 6.45. The standard InChI is InChI=1S/C23H19ClN2O2S/c24-19-12-9-17(10-13-19)11-14-22(27)26-23(29)25-20-7-4-8-21(15-20)28-16-18-5-2-1-3-6-18/h1-15H,16H2,(H2,25,26,27,29)/b14-11+. The van der Waals surface area contributed by atoms with Gasteiger partial charge in [0.15, 0.2) is 5.11 Å². The Labute approximate surface area is 180 Å². The quantitative estimate of drug-likeness (QED) is 0.410. The molecular formula is C23H19ClN2O2S. The molecule has 0 aliphatic rings. The van der Waals surface area contributed by atoms with Crippen LogP contribution in [-0.2, 0) is 11.4 Å². The molecule has 0 aliphatic heterocycles. The Hall–Kier alpha value is -3.15. The second-order valence-corrected chi connectivity index (χ2v) is 6.98. The molecule has 6 heteroatoms. The third-order valence-corrected chi connectivity index (χ3v) is 4.33. The Kier molecular flexibility index (Phi) is 7.39. The van der Waals surface area contributed by atoms with Crippen LogP contribution < -0.4 is 15.4 Å². The van der Waals surface area contributed by atoms with E-state index in [-0.39, 0.29) is 11.0 Å². The molecule has 0 saturated heterocycles. The van der Waals surface area contributed by atoms with Crippen LogP contribution in [0.1, 0.15) is 11.1 Å². The largest absolute Gasteiger partial charge is 0.489 e. The first kappa shape index (κ1) is 20.6. The van der Waals surface area contributed by atoms with Gasteiger partial charge in [-0.1, -0.05) is 60.1 Å². The molecule has 0 fully saturated rings. The highest BCUT2D eigenvalue weighted by Crippen LogP contribution is 2.18. The lowest BCUT2D eigenvalue weighted by Gasteiger charge is -2.11. The Bertz CT molecular complexity index is 1000. The highest BCUT2D eigenvalue weighted by Gasteiger charge is 2.03. The van der Waals surface area contributed by atoms with Crippen molar-refractivity contribution >= 4 is 46.6 Å². The van der Waals surface area contributed by atoms with E-state index in [1.165, 1.54) is 6.08 Å². The van der Waals surface area contributed by atoms with Crippen molar-refractivity contribution < 1.29 is 9.53 Å². The number of carbonyl (C=O) groups is 1. The van der Waals surface area contributed by atoms with Crippen molar-refractivity contribution in [2.24, 2.45) is 0 Å². The van der Waals surface area contributed by atoms with Crippen LogP contribution in [0.4, 0.5) is 5.69 Å². The van der Waals surface area contributed by atoms with E-state index in [1.807, 2.05) is 66.7 Å². The highest BCUT2D eigenvalue weighted by atomic mass is 35.5. The molecule has 0 bridgehead atoms. The molecule has 1 amide bonds. The molecule has 0 aliphatic carbocycles. The van der Waals surface area contributed by atoms with Crippen LogP contribution >= 0.6 is 23.8 Å². The van der Waals surface area contributed by atoms with Gasteiger partial charge < -0.3 is 10.1 Å². The van der Waals surface area contributed by atoms with Crippen molar-refractivity contribution in [3.05, 3.63) is 101 Å². The van der Waals surface area contributed by atoms with Gasteiger partial charge in [-0.2, -0.15) is 0 Å². The average Bonchev–Trinajstić information content (AvgIpc) is 2.73. The summed E-state index contributed by atoms with van der Waals surface area (Å²) in [5.74, 6) is 0.379. The van der Waals surface area contributed by atoms with Gasteiger partial charge in [-0.05, 0) is 53.7 Å². The molecule has 0 spiro atoms. The van der Waals surface area contributed by atoms with E-state index >= 15 is 0 Å². The van der Waals surface area contributed by atoms with Gasteiger partial charge in [-0.15, -0.1) is 0 Å². The zero-order chi connectivity index (χ0) is 20.5. The monoisotopic (exact) mass is 422 g/mol. The molecule has 0 unspecified atom stereocenters. The Morgan fingerprint density at radius 3 is 2.52 bits per heavy atom. The topological polar surface area (TPSA) is 50.4 Å².